The molecule has 1 aromatic heterocycles. The summed E-state index contributed by atoms with van der Waals surface area (Å²) in [6.45, 7) is 6.73. The standard InChI is InChI=1S/C18H32N6/c1-19-18(20-8-12-23-9-5-3-4-6-10-23)24-11-7-16(15-24)17-13-21-22(2)14-17/h13-14,16H,3-12,15H2,1-2H3,(H,19,20). The molecular weight excluding hydrogens is 300 g/mol. The first kappa shape index (κ1) is 17.3. The van der Waals surface area contributed by atoms with Gasteiger partial charge in [-0.25, -0.2) is 0 Å². The SMILES string of the molecule is CN=C(NCCN1CCCCCC1)N1CCC(c2cnn(C)c2)C1. The lowest BCUT2D eigenvalue weighted by Crippen LogP contribution is -2.43. The molecule has 2 saturated heterocycles. The first-order valence-electron chi connectivity index (χ1n) is 9.43. The zero-order valence-corrected chi connectivity index (χ0v) is 15.2. The molecule has 134 valence electrons. The van der Waals surface area contributed by atoms with Gasteiger partial charge in [-0.05, 0) is 37.9 Å². The molecule has 0 bridgehead atoms. The third-order valence-electron chi connectivity index (χ3n) is 5.31. The average Bonchev–Trinajstić information content (AvgIpc) is 3.15. The Balaban J connectivity index is 1.44. The molecule has 0 aromatic carbocycles. The van der Waals surface area contributed by atoms with E-state index in [9.17, 15) is 0 Å². The van der Waals surface area contributed by atoms with Crippen molar-refractivity contribution in [3.05, 3.63) is 18.0 Å². The minimum absolute atomic E-state index is 0.572. The zero-order chi connectivity index (χ0) is 16.8. The summed E-state index contributed by atoms with van der Waals surface area (Å²) >= 11 is 0. The van der Waals surface area contributed by atoms with Crippen LogP contribution in [0.3, 0.4) is 0 Å². The van der Waals surface area contributed by atoms with Crippen molar-refractivity contribution in [1.29, 1.82) is 0 Å². The van der Waals surface area contributed by atoms with E-state index in [0.717, 1.165) is 32.1 Å². The van der Waals surface area contributed by atoms with Gasteiger partial charge in [-0.2, -0.15) is 5.10 Å². The van der Waals surface area contributed by atoms with Crippen LogP contribution in [0, 0.1) is 0 Å². The van der Waals surface area contributed by atoms with Crippen LogP contribution in [0.4, 0.5) is 0 Å². The van der Waals surface area contributed by atoms with Crippen LogP contribution in [0.25, 0.3) is 0 Å². The highest BCUT2D eigenvalue weighted by Crippen LogP contribution is 2.26. The maximum absolute atomic E-state index is 4.50. The summed E-state index contributed by atoms with van der Waals surface area (Å²) in [7, 11) is 3.88. The molecule has 1 atom stereocenters. The van der Waals surface area contributed by atoms with Crippen LogP contribution in [0.2, 0.25) is 0 Å². The Morgan fingerprint density at radius 3 is 2.71 bits per heavy atom. The van der Waals surface area contributed by atoms with Crippen molar-refractivity contribution in [3.8, 4) is 0 Å². The number of aliphatic imine (C=N–C) groups is 1. The number of guanidine groups is 1. The lowest BCUT2D eigenvalue weighted by Gasteiger charge is -2.24. The third kappa shape index (κ3) is 4.50. The van der Waals surface area contributed by atoms with Crippen LogP contribution in [-0.2, 0) is 7.05 Å². The topological polar surface area (TPSA) is 48.7 Å². The summed E-state index contributed by atoms with van der Waals surface area (Å²) in [4.78, 5) is 9.48. The molecule has 1 N–H and O–H groups in total. The van der Waals surface area contributed by atoms with E-state index in [2.05, 4.69) is 31.4 Å². The first-order chi connectivity index (χ1) is 11.8. The summed E-state index contributed by atoms with van der Waals surface area (Å²) in [6, 6.07) is 0. The van der Waals surface area contributed by atoms with Crippen molar-refractivity contribution in [2.24, 2.45) is 12.0 Å². The second-order valence-corrected chi connectivity index (χ2v) is 7.11. The average molecular weight is 332 g/mol. The van der Waals surface area contributed by atoms with Gasteiger partial charge in [0.25, 0.3) is 0 Å². The molecule has 2 aliphatic heterocycles. The van der Waals surface area contributed by atoms with Gasteiger partial charge < -0.3 is 15.1 Å². The molecule has 0 aliphatic carbocycles. The van der Waals surface area contributed by atoms with Crippen LogP contribution >= 0.6 is 0 Å². The molecule has 6 nitrogen and oxygen atoms in total. The van der Waals surface area contributed by atoms with E-state index in [1.807, 2.05) is 25.0 Å². The fourth-order valence-corrected chi connectivity index (χ4v) is 3.89. The molecule has 2 fully saturated rings. The molecule has 0 radical (unpaired) electrons. The lowest BCUT2D eigenvalue weighted by atomic mass is 10.0. The second kappa shape index (κ2) is 8.51. The lowest BCUT2D eigenvalue weighted by molar-refractivity contribution is 0.288. The number of rotatable bonds is 4. The molecule has 1 aromatic rings. The van der Waals surface area contributed by atoms with E-state index in [0.29, 0.717) is 5.92 Å². The summed E-state index contributed by atoms with van der Waals surface area (Å²) < 4.78 is 1.90. The Morgan fingerprint density at radius 1 is 1.25 bits per heavy atom. The number of nitrogens with zero attached hydrogens (tertiary/aromatic N) is 5. The van der Waals surface area contributed by atoms with Crippen LogP contribution in [0.15, 0.2) is 17.4 Å². The van der Waals surface area contributed by atoms with Gasteiger partial charge in [-0.15, -0.1) is 0 Å². The van der Waals surface area contributed by atoms with Gasteiger partial charge >= 0.3 is 0 Å². The quantitative estimate of drug-likeness (QED) is 0.673. The van der Waals surface area contributed by atoms with Gasteiger partial charge in [0, 0.05) is 52.4 Å². The minimum Gasteiger partial charge on any atom is -0.355 e. The first-order valence-corrected chi connectivity index (χ1v) is 9.43. The molecule has 3 rings (SSSR count). The van der Waals surface area contributed by atoms with Crippen molar-refractivity contribution in [3.63, 3.8) is 0 Å². The fourth-order valence-electron chi connectivity index (χ4n) is 3.89. The predicted octanol–water partition coefficient (Wildman–Crippen LogP) is 1.66. The van der Waals surface area contributed by atoms with Gasteiger partial charge in [0.2, 0.25) is 0 Å². The van der Waals surface area contributed by atoms with E-state index >= 15 is 0 Å². The fraction of sp³-hybridized carbons (Fsp3) is 0.778. The Labute approximate surface area is 145 Å². The Morgan fingerprint density at radius 2 is 2.04 bits per heavy atom. The van der Waals surface area contributed by atoms with E-state index < -0.39 is 0 Å². The molecule has 0 amide bonds. The molecular formula is C18H32N6. The number of aryl methyl sites for hydroxylation is 1. The van der Waals surface area contributed by atoms with Crippen molar-refractivity contribution in [1.82, 2.24) is 24.9 Å². The van der Waals surface area contributed by atoms with Gasteiger partial charge in [-0.3, -0.25) is 9.67 Å². The van der Waals surface area contributed by atoms with Gasteiger partial charge in [0.05, 0.1) is 6.20 Å². The minimum atomic E-state index is 0.572. The summed E-state index contributed by atoms with van der Waals surface area (Å²) in [5.41, 5.74) is 1.35. The second-order valence-electron chi connectivity index (χ2n) is 7.11. The van der Waals surface area contributed by atoms with Crippen LogP contribution < -0.4 is 5.32 Å². The normalized spacial score (nSPS) is 23.5. The summed E-state index contributed by atoms with van der Waals surface area (Å²) in [6.07, 6.45) is 10.8. The largest absolute Gasteiger partial charge is 0.355 e. The highest BCUT2D eigenvalue weighted by atomic mass is 15.3. The zero-order valence-electron chi connectivity index (χ0n) is 15.2. The van der Waals surface area contributed by atoms with Crippen molar-refractivity contribution in [2.45, 2.75) is 38.0 Å². The highest BCUT2D eigenvalue weighted by Gasteiger charge is 2.26. The highest BCUT2D eigenvalue weighted by molar-refractivity contribution is 5.80. The van der Waals surface area contributed by atoms with Gasteiger partial charge in [0.1, 0.15) is 0 Å². The van der Waals surface area contributed by atoms with Crippen molar-refractivity contribution in [2.75, 3.05) is 46.3 Å². The van der Waals surface area contributed by atoms with Gasteiger partial charge in [0.15, 0.2) is 5.96 Å². The van der Waals surface area contributed by atoms with Crippen LogP contribution in [0.5, 0.6) is 0 Å². The monoisotopic (exact) mass is 332 g/mol. The third-order valence-corrected chi connectivity index (χ3v) is 5.31. The molecule has 1 unspecified atom stereocenters. The molecule has 0 spiro atoms. The summed E-state index contributed by atoms with van der Waals surface area (Å²) in [5, 5.41) is 7.88. The van der Waals surface area contributed by atoms with Gasteiger partial charge in [-0.1, -0.05) is 12.8 Å². The van der Waals surface area contributed by atoms with E-state index in [1.165, 1.54) is 50.8 Å². The number of hydrogen-bond donors (Lipinski definition) is 1. The Bertz CT molecular complexity index is 529. The molecule has 0 saturated carbocycles. The van der Waals surface area contributed by atoms with Crippen LogP contribution in [-0.4, -0.2) is 71.9 Å². The molecule has 2 aliphatic rings. The molecule has 6 heteroatoms. The van der Waals surface area contributed by atoms with Crippen LogP contribution in [0.1, 0.15) is 43.6 Å². The summed E-state index contributed by atoms with van der Waals surface area (Å²) in [5.74, 6) is 1.62. The number of likely N-dealkylation sites (tertiary alicyclic amines) is 2. The van der Waals surface area contributed by atoms with Crippen molar-refractivity contribution >= 4 is 5.96 Å². The number of aromatic nitrogens is 2. The molecule has 3 heterocycles. The maximum Gasteiger partial charge on any atom is 0.193 e. The maximum atomic E-state index is 4.50. The van der Waals surface area contributed by atoms with Crippen molar-refractivity contribution < 1.29 is 0 Å². The van der Waals surface area contributed by atoms with E-state index in [4.69, 9.17) is 0 Å². The van der Waals surface area contributed by atoms with E-state index in [1.54, 1.807) is 0 Å². The molecule has 24 heavy (non-hydrogen) atoms. The Kier molecular flexibility index (Phi) is 6.12. The number of hydrogen-bond acceptors (Lipinski definition) is 3. The van der Waals surface area contributed by atoms with E-state index in [-0.39, 0.29) is 0 Å². The number of nitrogens with one attached hydrogen (secondary N) is 1. The Hall–Kier alpha value is -1.56. The smallest absolute Gasteiger partial charge is 0.193 e. The predicted molar refractivity (Wildman–Crippen MR) is 98.4 cm³/mol.